The van der Waals surface area contributed by atoms with Crippen LogP contribution in [0, 0.1) is 5.92 Å². The van der Waals surface area contributed by atoms with Gasteiger partial charge in [-0.25, -0.2) is 9.37 Å². The molecule has 2 atom stereocenters. The minimum Gasteiger partial charge on any atom is -0.503 e. The van der Waals surface area contributed by atoms with Crippen molar-refractivity contribution in [2.75, 3.05) is 12.4 Å². The number of carbonyl (C=O) groups excluding carboxylic acids is 2. The Morgan fingerprint density at radius 1 is 1.42 bits per heavy atom. The molecule has 0 radical (unpaired) electrons. The second-order valence-corrected chi connectivity index (χ2v) is 9.91. The summed E-state index contributed by atoms with van der Waals surface area (Å²) in [6.07, 6.45) is -1.62. The van der Waals surface area contributed by atoms with Crippen LogP contribution in [0.1, 0.15) is 37.8 Å². The summed E-state index contributed by atoms with van der Waals surface area (Å²) in [7, 11) is -5.00. The van der Waals surface area contributed by atoms with E-state index < -0.39 is 75.3 Å². The minimum atomic E-state index is -5.00. The number of β-lactam (4-membered cyclic amide) rings is 1. The van der Waals surface area contributed by atoms with Crippen molar-refractivity contribution in [3.8, 4) is 5.75 Å². The average molecular weight is 550 g/mol. The summed E-state index contributed by atoms with van der Waals surface area (Å²) >= 11 is 0.939. The van der Waals surface area contributed by atoms with Crippen LogP contribution in [0.4, 0.5) is 9.52 Å². The van der Waals surface area contributed by atoms with Crippen molar-refractivity contribution < 1.29 is 46.4 Å². The molecule has 1 amide bonds. The molecule has 0 aromatic carbocycles. The Balaban J connectivity index is 1.88. The molecule has 3 rings (SSSR count). The Morgan fingerprint density at radius 2 is 2.08 bits per heavy atom. The highest BCUT2D eigenvalue weighted by molar-refractivity contribution is 7.80. The maximum Gasteiger partial charge on any atom is 0.418 e. The van der Waals surface area contributed by atoms with Crippen LogP contribution in [0.5, 0.6) is 5.75 Å². The number of pyridine rings is 1. The van der Waals surface area contributed by atoms with Gasteiger partial charge in [-0.2, -0.15) is 18.2 Å². The fourth-order valence-corrected chi connectivity index (χ4v) is 4.33. The fraction of sp³-hybridized carbons (Fsp3) is 0.389. The molecule has 1 fully saturated rings. The summed E-state index contributed by atoms with van der Waals surface area (Å²) in [6.45, 7) is 1.46. The van der Waals surface area contributed by atoms with Gasteiger partial charge in [0.05, 0.1) is 17.7 Å². The lowest BCUT2D eigenvalue weighted by Gasteiger charge is -2.50. The van der Waals surface area contributed by atoms with Gasteiger partial charge in [-0.3, -0.25) is 18.9 Å². The van der Waals surface area contributed by atoms with Crippen LogP contribution < -0.4 is 11.2 Å². The molecule has 0 bridgehead atoms. The predicted octanol–water partition coefficient (Wildman–Crippen LogP) is 0.192. The third-order valence-electron chi connectivity index (χ3n) is 5.24. The molecule has 15 nitrogen and oxygen atoms in total. The summed E-state index contributed by atoms with van der Waals surface area (Å²) < 4.78 is 49.0. The number of Topliss-reactive ketones (excluding diaryl/α,β-unsaturated/α-hetero) is 1. The number of nitrogens with two attached hydrogens (primary N) is 1. The van der Waals surface area contributed by atoms with Gasteiger partial charge in [0.2, 0.25) is 5.43 Å². The zero-order valence-electron chi connectivity index (χ0n) is 18.6. The number of oxime groups is 1. The van der Waals surface area contributed by atoms with Crippen LogP contribution in [0.3, 0.4) is 0 Å². The van der Waals surface area contributed by atoms with Crippen LogP contribution >= 0.6 is 11.3 Å². The van der Waals surface area contributed by atoms with E-state index in [4.69, 9.17) is 15.1 Å². The number of thiazole rings is 1. The van der Waals surface area contributed by atoms with Crippen molar-refractivity contribution in [3.05, 3.63) is 39.3 Å². The normalized spacial score (nSPS) is 18.6. The van der Waals surface area contributed by atoms with Crippen LogP contribution in [-0.4, -0.2) is 67.7 Å². The molecule has 1 aliphatic heterocycles. The lowest BCUT2D eigenvalue weighted by atomic mass is 9.74. The lowest BCUT2D eigenvalue weighted by molar-refractivity contribution is -0.228. The number of anilines is 1. The third-order valence-corrected chi connectivity index (χ3v) is 6.25. The largest absolute Gasteiger partial charge is 0.503 e. The van der Waals surface area contributed by atoms with Crippen molar-refractivity contribution in [2.45, 2.75) is 31.9 Å². The van der Waals surface area contributed by atoms with E-state index in [1.807, 2.05) is 0 Å². The number of carbonyl (C=O) groups is 2. The number of hydroxylamine groups is 2. The summed E-state index contributed by atoms with van der Waals surface area (Å²) in [5.41, 5.74) is 2.34. The Bertz CT molecular complexity index is 1390. The molecule has 2 aromatic rings. The van der Waals surface area contributed by atoms with E-state index in [9.17, 15) is 37.5 Å². The first-order valence-corrected chi connectivity index (χ1v) is 12.1. The maximum absolute atomic E-state index is 13.7. The van der Waals surface area contributed by atoms with Gasteiger partial charge in [0.15, 0.2) is 28.5 Å². The first kappa shape index (κ1) is 27.0. The smallest absolute Gasteiger partial charge is 0.418 e. The SMILES string of the molecule is CC1(C)[C@H](CC(=O)/C(=N\OC(CF)c2cc(=O)c(O)cn2O)c2csc(N)n2)C(=O)N1OS(=O)(=O)O. The number of alkyl halides is 1. The first-order chi connectivity index (χ1) is 16.7. The fourth-order valence-electron chi connectivity index (χ4n) is 3.33. The van der Waals surface area contributed by atoms with E-state index in [0.29, 0.717) is 17.3 Å². The molecule has 3 heterocycles. The molecular weight excluding hydrogens is 529 g/mol. The molecule has 1 saturated heterocycles. The zero-order valence-corrected chi connectivity index (χ0v) is 20.2. The molecular formula is C18H20FN5O10S2. The van der Waals surface area contributed by atoms with Gasteiger partial charge in [-0.15, -0.1) is 15.6 Å². The van der Waals surface area contributed by atoms with Gasteiger partial charge >= 0.3 is 10.4 Å². The molecule has 1 aliphatic rings. The second-order valence-electron chi connectivity index (χ2n) is 8.02. The Hall–Kier alpha value is -3.61. The number of amides is 1. The molecule has 196 valence electrons. The maximum atomic E-state index is 13.7. The number of aromatic nitrogens is 2. The van der Waals surface area contributed by atoms with E-state index in [1.165, 1.54) is 19.2 Å². The Labute approximate surface area is 206 Å². The topological polar surface area (TPSA) is 224 Å². The molecule has 18 heteroatoms. The van der Waals surface area contributed by atoms with Crippen molar-refractivity contribution in [3.63, 3.8) is 0 Å². The van der Waals surface area contributed by atoms with Crippen LogP contribution in [0.15, 0.2) is 27.6 Å². The Morgan fingerprint density at radius 3 is 2.61 bits per heavy atom. The van der Waals surface area contributed by atoms with Crippen molar-refractivity contribution in [1.82, 2.24) is 14.8 Å². The molecule has 0 spiro atoms. The first-order valence-electron chi connectivity index (χ1n) is 9.86. The van der Waals surface area contributed by atoms with Gasteiger partial charge in [0.1, 0.15) is 18.1 Å². The minimum absolute atomic E-state index is 0.0445. The van der Waals surface area contributed by atoms with Gasteiger partial charge in [0.25, 0.3) is 5.91 Å². The number of hydrogen-bond acceptors (Lipinski definition) is 13. The molecule has 0 saturated carbocycles. The number of nitrogens with zero attached hydrogens (tertiary/aromatic N) is 4. The molecule has 1 unspecified atom stereocenters. The highest BCUT2D eigenvalue weighted by atomic mass is 32.3. The van der Waals surface area contributed by atoms with Crippen LogP contribution in [-0.2, 0) is 29.1 Å². The number of nitrogen functional groups attached to an aromatic ring is 1. The number of ketones is 1. The molecule has 5 N–H and O–H groups in total. The quantitative estimate of drug-likeness (QED) is 0.102. The number of aromatic hydroxyl groups is 1. The van der Waals surface area contributed by atoms with E-state index in [-0.39, 0.29) is 15.6 Å². The van der Waals surface area contributed by atoms with E-state index in [1.54, 1.807) is 0 Å². The summed E-state index contributed by atoms with van der Waals surface area (Å²) in [5.74, 6) is -3.66. The average Bonchev–Trinajstić information content (AvgIpc) is 3.21. The van der Waals surface area contributed by atoms with E-state index in [2.05, 4.69) is 14.4 Å². The molecule has 36 heavy (non-hydrogen) atoms. The predicted molar refractivity (Wildman–Crippen MR) is 119 cm³/mol. The van der Waals surface area contributed by atoms with Gasteiger partial charge in [-0.05, 0) is 13.8 Å². The zero-order chi connectivity index (χ0) is 27.0. The van der Waals surface area contributed by atoms with Crippen LogP contribution in [0.25, 0.3) is 0 Å². The lowest BCUT2D eigenvalue weighted by Crippen LogP contribution is -2.68. The van der Waals surface area contributed by atoms with Gasteiger partial charge < -0.3 is 20.9 Å². The molecule has 2 aromatic heterocycles. The van der Waals surface area contributed by atoms with Crippen molar-refractivity contribution >= 4 is 44.3 Å². The summed E-state index contributed by atoms with van der Waals surface area (Å²) in [6, 6.07) is 0.705. The van der Waals surface area contributed by atoms with E-state index >= 15 is 0 Å². The number of rotatable bonds is 10. The number of hydrogen-bond donors (Lipinski definition) is 4. The highest BCUT2D eigenvalue weighted by Gasteiger charge is 2.57. The Kier molecular flexibility index (Phi) is 7.35. The third kappa shape index (κ3) is 5.45. The number of halogens is 1. The summed E-state index contributed by atoms with van der Waals surface area (Å²) in [5, 5.41) is 24.7. The van der Waals surface area contributed by atoms with Crippen molar-refractivity contribution in [1.29, 1.82) is 0 Å². The van der Waals surface area contributed by atoms with E-state index in [0.717, 1.165) is 11.3 Å². The van der Waals surface area contributed by atoms with Gasteiger partial charge in [0, 0.05) is 17.9 Å². The highest BCUT2D eigenvalue weighted by Crippen LogP contribution is 2.40. The standard InChI is InChI=1S/C18H20FN5O10S2/c1-18(2)8(16(28)24(18)34-36(30,31)32)3-12(26)15(9-7-35-17(20)21-9)22-33-14(5-19)10-4-11(25)13(27)6-23(10)29/h4,6-8,14,27,29H,3,5H2,1-2H3,(H2,20,21)(H,30,31,32)/b22-15-/t8-,14?/m1/s1. The van der Waals surface area contributed by atoms with Crippen molar-refractivity contribution in [2.24, 2.45) is 11.1 Å². The molecule has 0 aliphatic carbocycles. The second kappa shape index (κ2) is 9.80. The monoisotopic (exact) mass is 549 g/mol. The summed E-state index contributed by atoms with van der Waals surface area (Å²) in [4.78, 5) is 46.2. The van der Waals surface area contributed by atoms with Crippen LogP contribution in [0.2, 0.25) is 0 Å². The van der Waals surface area contributed by atoms with Gasteiger partial charge in [-0.1, -0.05) is 5.16 Å².